The van der Waals surface area contributed by atoms with Gasteiger partial charge < -0.3 is 14.6 Å². The van der Waals surface area contributed by atoms with Gasteiger partial charge in [0.25, 0.3) is 5.56 Å². The van der Waals surface area contributed by atoms with E-state index in [0.29, 0.717) is 0 Å². The predicted octanol–water partition coefficient (Wildman–Crippen LogP) is -0.879. The fraction of sp³-hybridized carbons (Fsp3) is 0.545. The van der Waals surface area contributed by atoms with Crippen molar-refractivity contribution in [1.29, 1.82) is 0 Å². The van der Waals surface area contributed by atoms with E-state index in [1.165, 1.54) is 19.2 Å². The molecule has 1 aliphatic heterocycles. The van der Waals surface area contributed by atoms with Gasteiger partial charge in [0.2, 0.25) is 0 Å². The molecule has 0 unspecified atom stereocenters. The third kappa shape index (κ3) is 3.00. The Labute approximate surface area is 121 Å². The summed E-state index contributed by atoms with van der Waals surface area (Å²) in [5.41, 5.74) is -1.17. The Morgan fingerprint density at radius 2 is 2.30 bits per heavy atom. The topological polar surface area (TPSA) is 111 Å². The second-order valence-electron chi connectivity index (χ2n) is 4.32. The number of ether oxygens (including phenoxy) is 2. The summed E-state index contributed by atoms with van der Waals surface area (Å²) in [5, 5.41) is 10.00. The molecule has 0 radical (unpaired) electrons. The molecule has 1 fully saturated rings. The Kier molecular flexibility index (Phi) is 4.41. The molecule has 0 aliphatic carbocycles. The molecule has 0 aromatic carbocycles. The van der Waals surface area contributed by atoms with Crippen molar-refractivity contribution in [2.24, 2.45) is 0 Å². The van der Waals surface area contributed by atoms with Crippen molar-refractivity contribution in [2.45, 2.75) is 30.2 Å². The molecule has 2 N–H and O–H groups in total. The maximum atomic E-state index is 11.7. The number of esters is 1. The molecule has 1 aromatic rings. The molecule has 0 amide bonds. The number of aromatic amines is 1. The first-order valence-electron chi connectivity index (χ1n) is 5.82. The van der Waals surface area contributed by atoms with Gasteiger partial charge >= 0.3 is 11.7 Å². The Bertz CT molecular complexity index is 611. The van der Waals surface area contributed by atoms with E-state index >= 15 is 0 Å². The average molecular weight is 349 g/mol. The van der Waals surface area contributed by atoms with Gasteiger partial charge in [0.1, 0.15) is 18.8 Å². The number of aliphatic hydroxyl groups is 1. The molecule has 0 bridgehead atoms. The van der Waals surface area contributed by atoms with Gasteiger partial charge in [0.15, 0.2) is 6.23 Å². The Morgan fingerprint density at radius 3 is 2.90 bits per heavy atom. The molecule has 2 heterocycles. The predicted molar refractivity (Wildman–Crippen MR) is 70.6 cm³/mol. The summed E-state index contributed by atoms with van der Waals surface area (Å²) in [4.78, 5) is 35.0. The average Bonchev–Trinajstić information content (AvgIpc) is 2.64. The molecule has 1 aliphatic rings. The zero-order chi connectivity index (χ0) is 14.9. The number of rotatable bonds is 3. The van der Waals surface area contributed by atoms with Crippen molar-refractivity contribution in [3.8, 4) is 0 Å². The highest BCUT2D eigenvalue weighted by atomic mass is 79.9. The van der Waals surface area contributed by atoms with Gasteiger partial charge in [-0.05, 0) is 0 Å². The van der Waals surface area contributed by atoms with Gasteiger partial charge in [0.05, 0.1) is 4.83 Å². The molecule has 1 saturated heterocycles. The van der Waals surface area contributed by atoms with Gasteiger partial charge in [-0.3, -0.25) is 19.1 Å². The standard InChI is InChI=1S/C11H13BrN2O6/c1-5(15)19-4-6-9(17)8(12)10(20-6)14-3-2-7(16)13-11(14)18/h2-3,6,8-10,17H,4H2,1H3,(H,13,16,18)/t6-,8-,9-,10-/m1/s1. The van der Waals surface area contributed by atoms with Crippen LogP contribution in [0.15, 0.2) is 21.9 Å². The number of carbonyl (C=O) groups excluding carboxylic acids is 1. The van der Waals surface area contributed by atoms with E-state index in [1.54, 1.807) is 0 Å². The summed E-state index contributed by atoms with van der Waals surface area (Å²) < 4.78 is 11.4. The zero-order valence-electron chi connectivity index (χ0n) is 10.5. The Morgan fingerprint density at radius 1 is 1.60 bits per heavy atom. The lowest BCUT2D eigenvalue weighted by molar-refractivity contribution is -0.147. The normalized spacial score (nSPS) is 29.4. The summed E-state index contributed by atoms with van der Waals surface area (Å²) in [6.45, 7) is 1.13. The Balaban J connectivity index is 2.19. The summed E-state index contributed by atoms with van der Waals surface area (Å²) >= 11 is 3.24. The highest BCUT2D eigenvalue weighted by Gasteiger charge is 2.44. The Hall–Kier alpha value is -1.45. The minimum absolute atomic E-state index is 0.118. The number of H-pyrrole nitrogens is 1. The summed E-state index contributed by atoms with van der Waals surface area (Å²) in [7, 11) is 0. The van der Waals surface area contributed by atoms with Crippen molar-refractivity contribution >= 4 is 21.9 Å². The quantitative estimate of drug-likeness (QED) is 0.542. The van der Waals surface area contributed by atoms with Crippen LogP contribution < -0.4 is 11.2 Å². The summed E-state index contributed by atoms with van der Waals surface area (Å²) in [6.07, 6.45) is -1.25. The number of aliphatic hydroxyl groups excluding tert-OH is 1. The SMILES string of the molecule is CC(=O)OC[C@H]1O[C@@H](n2ccc(=O)[nH]c2=O)[C@H](Br)[C@@H]1O. The van der Waals surface area contributed by atoms with Gasteiger partial charge in [-0.2, -0.15) is 0 Å². The van der Waals surface area contributed by atoms with Crippen LogP contribution in [0.4, 0.5) is 0 Å². The molecule has 0 saturated carbocycles. The zero-order valence-corrected chi connectivity index (χ0v) is 12.1. The van der Waals surface area contributed by atoms with Crippen LogP contribution in [-0.2, 0) is 14.3 Å². The number of halogens is 1. The van der Waals surface area contributed by atoms with Crippen LogP contribution >= 0.6 is 15.9 Å². The van der Waals surface area contributed by atoms with Crippen LogP contribution in [0, 0.1) is 0 Å². The van der Waals surface area contributed by atoms with Gasteiger partial charge in [-0.15, -0.1) is 0 Å². The van der Waals surface area contributed by atoms with Gasteiger partial charge in [-0.1, -0.05) is 15.9 Å². The lowest BCUT2D eigenvalue weighted by atomic mass is 10.2. The molecule has 0 spiro atoms. The lowest BCUT2D eigenvalue weighted by Crippen LogP contribution is -2.35. The maximum Gasteiger partial charge on any atom is 0.330 e. The van der Waals surface area contributed by atoms with Crippen LogP contribution in [-0.4, -0.2) is 44.3 Å². The fourth-order valence-corrected chi connectivity index (χ4v) is 2.61. The summed E-state index contributed by atoms with van der Waals surface area (Å²) in [5.74, 6) is -0.489. The van der Waals surface area contributed by atoms with E-state index in [4.69, 9.17) is 9.47 Å². The van der Waals surface area contributed by atoms with Gasteiger partial charge in [-0.25, -0.2) is 4.79 Å². The number of hydrogen-bond donors (Lipinski definition) is 2. The molecule has 9 heteroatoms. The third-order valence-corrected chi connectivity index (χ3v) is 3.86. The van der Waals surface area contributed by atoms with E-state index in [2.05, 4.69) is 20.9 Å². The number of hydrogen-bond acceptors (Lipinski definition) is 6. The van der Waals surface area contributed by atoms with Crippen molar-refractivity contribution in [3.05, 3.63) is 33.1 Å². The summed E-state index contributed by atoms with van der Waals surface area (Å²) in [6, 6.07) is 1.18. The third-order valence-electron chi connectivity index (χ3n) is 2.87. The lowest BCUT2D eigenvalue weighted by Gasteiger charge is -2.16. The van der Waals surface area contributed by atoms with Crippen LogP contribution in [0.5, 0.6) is 0 Å². The van der Waals surface area contributed by atoms with Crippen molar-refractivity contribution < 1.29 is 19.4 Å². The van der Waals surface area contributed by atoms with E-state index < -0.39 is 40.5 Å². The molecule has 2 rings (SSSR count). The molecular weight excluding hydrogens is 336 g/mol. The van der Waals surface area contributed by atoms with Crippen LogP contribution in [0.3, 0.4) is 0 Å². The van der Waals surface area contributed by atoms with Crippen LogP contribution in [0.1, 0.15) is 13.2 Å². The van der Waals surface area contributed by atoms with Crippen LogP contribution in [0.25, 0.3) is 0 Å². The fourth-order valence-electron chi connectivity index (χ4n) is 1.89. The minimum atomic E-state index is -0.960. The second kappa shape index (κ2) is 5.90. The second-order valence-corrected chi connectivity index (χ2v) is 5.38. The number of alkyl halides is 1. The number of nitrogens with zero attached hydrogens (tertiary/aromatic N) is 1. The van der Waals surface area contributed by atoms with Gasteiger partial charge in [0, 0.05) is 19.2 Å². The van der Waals surface area contributed by atoms with Crippen LogP contribution in [0.2, 0.25) is 0 Å². The molecule has 4 atom stereocenters. The number of nitrogens with one attached hydrogen (secondary N) is 1. The van der Waals surface area contributed by atoms with E-state index in [0.717, 1.165) is 4.57 Å². The molecule has 1 aromatic heterocycles. The molecule has 8 nitrogen and oxygen atoms in total. The largest absolute Gasteiger partial charge is 0.463 e. The minimum Gasteiger partial charge on any atom is -0.463 e. The molecule has 20 heavy (non-hydrogen) atoms. The smallest absolute Gasteiger partial charge is 0.330 e. The first-order valence-corrected chi connectivity index (χ1v) is 6.74. The molecular formula is C11H13BrN2O6. The van der Waals surface area contributed by atoms with E-state index in [-0.39, 0.29) is 6.61 Å². The molecule has 110 valence electrons. The first-order chi connectivity index (χ1) is 9.40. The highest BCUT2D eigenvalue weighted by molar-refractivity contribution is 9.09. The highest BCUT2D eigenvalue weighted by Crippen LogP contribution is 2.33. The van der Waals surface area contributed by atoms with Crippen molar-refractivity contribution in [3.63, 3.8) is 0 Å². The van der Waals surface area contributed by atoms with E-state index in [1.807, 2.05) is 0 Å². The van der Waals surface area contributed by atoms with Crippen molar-refractivity contribution in [2.75, 3.05) is 6.61 Å². The number of carbonyl (C=O) groups is 1. The van der Waals surface area contributed by atoms with Crippen molar-refractivity contribution in [1.82, 2.24) is 9.55 Å². The maximum absolute atomic E-state index is 11.7. The number of aromatic nitrogens is 2. The first kappa shape index (κ1) is 14.9. The van der Waals surface area contributed by atoms with E-state index in [9.17, 15) is 19.5 Å². The monoisotopic (exact) mass is 348 g/mol.